The van der Waals surface area contributed by atoms with Crippen LogP contribution in [0.4, 0.5) is 10.5 Å². The lowest BCUT2D eigenvalue weighted by molar-refractivity contribution is -0.385. The summed E-state index contributed by atoms with van der Waals surface area (Å²) in [5, 5.41) is 13.0. The summed E-state index contributed by atoms with van der Waals surface area (Å²) in [5.74, 6) is -0.618. The number of amides is 1. The van der Waals surface area contributed by atoms with E-state index in [9.17, 15) is 19.7 Å². The van der Waals surface area contributed by atoms with Crippen molar-refractivity contribution in [1.82, 2.24) is 5.32 Å². The van der Waals surface area contributed by atoms with Gasteiger partial charge in [-0.15, -0.1) is 0 Å². The predicted octanol–water partition coefficient (Wildman–Crippen LogP) is 1.38. The quantitative estimate of drug-likeness (QED) is 0.496. The number of benzene rings is 1. The van der Waals surface area contributed by atoms with Crippen LogP contribution in [0.15, 0.2) is 24.3 Å². The molecular weight excluding hydrogens is 268 g/mol. The fraction of sp³-hybridized carbons (Fsp3) is 0.333. The summed E-state index contributed by atoms with van der Waals surface area (Å²) in [5.41, 5.74) is 0.125. The van der Waals surface area contributed by atoms with Gasteiger partial charge in [-0.25, -0.2) is 9.59 Å². The smallest absolute Gasteiger partial charge is 0.408 e. The summed E-state index contributed by atoms with van der Waals surface area (Å²) in [6, 6.07) is 5.04. The zero-order chi connectivity index (χ0) is 15.1. The van der Waals surface area contributed by atoms with Crippen LogP contribution < -0.4 is 5.32 Å². The number of carbonyl (C=O) groups is 2. The largest absolute Gasteiger partial charge is 0.467 e. The number of hydrogen-bond donors (Lipinski definition) is 1. The van der Waals surface area contributed by atoms with Crippen LogP contribution >= 0.6 is 0 Å². The second kappa shape index (κ2) is 7.07. The van der Waals surface area contributed by atoms with E-state index in [1.807, 2.05) is 0 Å². The van der Waals surface area contributed by atoms with Crippen molar-refractivity contribution in [3.05, 3.63) is 39.9 Å². The standard InChI is InChI=1S/C12H14N2O6/c1-8(11(15)19-2)13-12(16)20-7-9-5-3-4-6-10(9)14(17)18/h3-6,8H,7H2,1-2H3,(H,13,16)/t8-/m0/s1. The molecule has 0 aliphatic heterocycles. The molecule has 8 heteroatoms. The molecule has 8 nitrogen and oxygen atoms in total. The number of carbonyl (C=O) groups excluding carboxylic acids is 2. The number of methoxy groups -OCH3 is 1. The minimum atomic E-state index is -0.863. The zero-order valence-corrected chi connectivity index (χ0v) is 11.0. The van der Waals surface area contributed by atoms with Crippen LogP contribution in [-0.4, -0.2) is 30.1 Å². The lowest BCUT2D eigenvalue weighted by atomic mass is 10.2. The Morgan fingerprint density at radius 3 is 2.65 bits per heavy atom. The van der Waals surface area contributed by atoms with Gasteiger partial charge >= 0.3 is 12.1 Å². The Labute approximate surface area is 114 Å². The minimum absolute atomic E-state index is 0.138. The van der Waals surface area contributed by atoms with Crippen LogP contribution in [0.3, 0.4) is 0 Å². The van der Waals surface area contributed by atoms with Crippen molar-refractivity contribution in [3.63, 3.8) is 0 Å². The third kappa shape index (κ3) is 4.23. The second-order valence-electron chi connectivity index (χ2n) is 3.85. The Morgan fingerprint density at radius 2 is 2.05 bits per heavy atom. The summed E-state index contributed by atoms with van der Waals surface area (Å²) in [7, 11) is 1.19. The van der Waals surface area contributed by atoms with Crippen molar-refractivity contribution in [2.45, 2.75) is 19.6 Å². The maximum absolute atomic E-state index is 11.4. The number of nitrogens with one attached hydrogen (secondary N) is 1. The van der Waals surface area contributed by atoms with Crippen molar-refractivity contribution in [2.75, 3.05) is 7.11 Å². The van der Waals surface area contributed by atoms with Gasteiger partial charge in [0.25, 0.3) is 5.69 Å². The molecule has 1 N–H and O–H groups in total. The number of rotatable bonds is 5. The van der Waals surface area contributed by atoms with Crippen LogP contribution in [0.5, 0.6) is 0 Å². The maximum atomic E-state index is 11.4. The Hall–Kier alpha value is -2.64. The van der Waals surface area contributed by atoms with Gasteiger partial charge < -0.3 is 14.8 Å². The second-order valence-corrected chi connectivity index (χ2v) is 3.85. The Morgan fingerprint density at radius 1 is 1.40 bits per heavy atom. The van der Waals surface area contributed by atoms with E-state index in [0.29, 0.717) is 0 Å². The highest BCUT2D eigenvalue weighted by Crippen LogP contribution is 2.18. The van der Waals surface area contributed by atoms with Gasteiger partial charge in [-0.1, -0.05) is 12.1 Å². The molecule has 0 saturated carbocycles. The molecule has 108 valence electrons. The third-order valence-electron chi connectivity index (χ3n) is 2.44. The first-order chi connectivity index (χ1) is 9.45. The van der Waals surface area contributed by atoms with Gasteiger partial charge in [0.1, 0.15) is 12.6 Å². The fourth-order valence-corrected chi connectivity index (χ4v) is 1.41. The first kappa shape index (κ1) is 15.4. The van der Waals surface area contributed by atoms with Gasteiger partial charge in [0.05, 0.1) is 17.6 Å². The molecule has 0 unspecified atom stereocenters. The fourth-order valence-electron chi connectivity index (χ4n) is 1.41. The van der Waals surface area contributed by atoms with E-state index in [0.717, 1.165) is 0 Å². The number of nitro benzene ring substituents is 1. The Kier molecular flexibility index (Phi) is 5.45. The molecule has 20 heavy (non-hydrogen) atoms. The molecule has 0 radical (unpaired) electrons. The van der Waals surface area contributed by atoms with Gasteiger partial charge in [0.15, 0.2) is 0 Å². The SMILES string of the molecule is COC(=O)[C@H](C)NC(=O)OCc1ccccc1[N+](=O)[O-]. The summed E-state index contributed by atoms with van der Waals surface area (Å²) >= 11 is 0. The Bertz CT molecular complexity index is 516. The first-order valence-electron chi connectivity index (χ1n) is 5.69. The zero-order valence-electron chi connectivity index (χ0n) is 11.0. The average molecular weight is 282 g/mol. The van der Waals surface area contributed by atoms with Crippen molar-refractivity contribution < 1.29 is 24.0 Å². The molecular formula is C12H14N2O6. The highest BCUT2D eigenvalue weighted by molar-refractivity contribution is 5.80. The molecule has 0 bridgehead atoms. The number of esters is 1. The van der Waals surface area contributed by atoms with Crippen molar-refractivity contribution >= 4 is 17.7 Å². The van der Waals surface area contributed by atoms with E-state index in [-0.39, 0.29) is 17.9 Å². The van der Waals surface area contributed by atoms with E-state index in [1.54, 1.807) is 6.07 Å². The monoisotopic (exact) mass is 282 g/mol. The van der Waals surface area contributed by atoms with Gasteiger partial charge in [0.2, 0.25) is 0 Å². The number of nitrogens with zero attached hydrogens (tertiary/aromatic N) is 1. The van der Waals surface area contributed by atoms with Crippen LogP contribution in [0, 0.1) is 10.1 Å². The number of hydrogen-bond acceptors (Lipinski definition) is 6. The van der Waals surface area contributed by atoms with Crippen LogP contribution in [0.2, 0.25) is 0 Å². The van der Waals surface area contributed by atoms with Crippen LogP contribution in [-0.2, 0) is 20.9 Å². The number of ether oxygens (including phenoxy) is 2. The van der Waals surface area contributed by atoms with E-state index in [2.05, 4.69) is 10.1 Å². The molecule has 0 aliphatic rings. The molecule has 0 aromatic heterocycles. The van der Waals surface area contributed by atoms with Crippen LogP contribution in [0.1, 0.15) is 12.5 Å². The van der Waals surface area contributed by atoms with E-state index >= 15 is 0 Å². The number of alkyl carbamates (subject to hydrolysis) is 1. The van der Waals surface area contributed by atoms with E-state index in [1.165, 1.54) is 32.2 Å². The van der Waals surface area contributed by atoms with Gasteiger partial charge in [0, 0.05) is 6.07 Å². The number of para-hydroxylation sites is 1. The van der Waals surface area contributed by atoms with Crippen LogP contribution in [0.25, 0.3) is 0 Å². The summed E-state index contributed by atoms with van der Waals surface area (Å²) in [4.78, 5) is 32.7. The molecule has 0 fully saturated rings. The molecule has 0 heterocycles. The molecule has 0 saturated heterocycles. The molecule has 0 spiro atoms. The lowest BCUT2D eigenvalue weighted by Crippen LogP contribution is -2.39. The van der Waals surface area contributed by atoms with Crippen molar-refractivity contribution in [3.8, 4) is 0 Å². The Balaban J connectivity index is 2.57. The first-order valence-corrected chi connectivity index (χ1v) is 5.69. The average Bonchev–Trinajstić information content (AvgIpc) is 2.44. The highest BCUT2D eigenvalue weighted by atomic mass is 16.6. The van der Waals surface area contributed by atoms with Gasteiger partial charge in [-0.05, 0) is 13.0 Å². The molecule has 1 aromatic carbocycles. The molecule has 1 amide bonds. The van der Waals surface area contributed by atoms with Gasteiger partial charge in [-0.3, -0.25) is 10.1 Å². The van der Waals surface area contributed by atoms with E-state index in [4.69, 9.17) is 4.74 Å². The molecule has 1 rings (SSSR count). The van der Waals surface area contributed by atoms with Gasteiger partial charge in [-0.2, -0.15) is 0 Å². The highest BCUT2D eigenvalue weighted by Gasteiger charge is 2.18. The van der Waals surface area contributed by atoms with Crippen molar-refractivity contribution in [1.29, 1.82) is 0 Å². The molecule has 1 aromatic rings. The molecule has 1 atom stereocenters. The minimum Gasteiger partial charge on any atom is -0.467 e. The normalized spacial score (nSPS) is 11.3. The summed E-state index contributed by atoms with van der Waals surface area (Å²) in [6.07, 6.45) is -0.860. The summed E-state index contributed by atoms with van der Waals surface area (Å²) in [6.45, 7) is 1.16. The topological polar surface area (TPSA) is 108 Å². The molecule has 0 aliphatic carbocycles. The third-order valence-corrected chi connectivity index (χ3v) is 2.44. The maximum Gasteiger partial charge on any atom is 0.408 e. The predicted molar refractivity (Wildman–Crippen MR) is 67.9 cm³/mol. The van der Waals surface area contributed by atoms with Crippen molar-refractivity contribution in [2.24, 2.45) is 0 Å². The number of nitro groups is 1. The van der Waals surface area contributed by atoms with E-state index < -0.39 is 23.0 Å². The lowest BCUT2D eigenvalue weighted by Gasteiger charge is -2.11. The summed E-state index contributed by atoms with van der Waals surface area (Å²) < 4.78 is 9.25.